The second-order valence-electron chi connectivity index (χ2n) is 15.3. The van der Waals surface area contributed by atoms with Crippen molar-refractivity contribution in [3.63, 3.8) is 0 Å². The molecule has 12 heteroatoms. The molecule has 2 amide bonds. The van der Waals surface area contributed by atoms with Crippen molar-refractivity contribution in [2.45, 2.75) is 83.7 Å². The van der Waals surface area contributed by atoms with Gasteiger partial charge < -0.3 is 19.1 Å². The number of aromatic nitrogens is 3. The average molecular weight is 665 g/mol. The van der Waals surface area contributed by atoms with Gasteiger partial charge in [0.05, 0.1) is 12.1 Å². The van der Waals surface area contributed by atoms with Crippen LogP contribution >= 0.6 is 0 Å². The van der Waals surface area contributed by atoms with Gasteiger partial charge in [0.15, 0.2) is 0 Å². The van der Waals surface area contributed by atoms with Gasteiger partial charge in [-0.2, -0.15) is 13.2 Å². The van der Waals surface area contributed by atoms with Crippen molar-refractivity contribution >= 4 is 17.7 Å². The molecule has 1 aliphatic carbocycles. The molecule has 1 spiro atoms. The first-order chi connectivity index (χ1) is 22.6. The highest BCUT2D eigenvalue weighted by Gasteiger charge is 2.51. The predicted molar refractivity (Wildman–Crippen MR) is 173 cm³/mol. The smallest absolute Gasteiger partial charge is 0.416 e. The van der Waals surface area contributed by atoms with Crippen molar-refractivity contribution in [1.82, 2.24) is 24.6 Å². The highest BCUT2D eigenvalue weighted by Crippen LogP contribution is 2.46. The van der Waals surface area contributed by atoms with E-state index in [1.807, 2.05) is 57.5 Å². The molecule has 3 aliphatic heterocycles. The van der Waals surface area contributed by atoms with E-state index in [1.54, 1.807) is 23.4 Å². The van der Waals surface area contributed by atoms with Crippen LogP contribution < -0.4 is 4.90 Å². The van der Waals surface area contributed by atoms with E-state index in [2.05, 4.69) is 15.1 Å². The summed E-state index contributed by atoms with van der Waals surface area (Å²) in [5.74, 6) is 0.792. The summed E-state index contributed by atoms with van der Waals surface area (Å²) in [6.45, 7) is 9.74. The molecule has 3 fully saturated rings. The van der Waals surface area contributed by atoms with Gasteiger partial charge in [-0.1, -0.05) is 18.6 Å². The van der Waals surface area contributed by atoms with Crippen LogP contribution in [-0.2, 0) is 24.5 Å². The van der Waals surface area contributed by atoms with Gasteiger partial charge in [-0.3, -0.25) is 9.69 Å². The number of amides is 2. The zero-order valence-electron chi connectivity index (χ0n) is 28.2. The third-order valence-corrected chi connectivity index (χ3v) is 10.8. The number of alkyl halides is 3. The molecule has 0 radical (unpaired) electrons. The number of ether oxygens (including phenoxy) is 1. The number of hydrogen-bond donors (Lipinski definition) is 0. The number of aryl methyl sites for hydroxylation is 1. The van der Waals surface area contributed by atoms with Gasteiger partial charge in [-0.05, 0) is 100 Å². The summed E-state index contributed by atoms with van der Waals surface area (Å²) in [6.07, 6.45) is 0.823. The molecule has 0 N–H and O–H groups in total. The summed E-state index contributed by atoms with van der Waals surface area (Å²) in [7, 11) is 1.91. The molecule has 4 heterocycles. The minimum Gasteiger partial charge on any atom is -0.444 e. The lowest BCUT2D eigenvalue weighted by atomic mass is 9.72. The van der Waals surface area contributed by atoms with E-state index in [-0.39, 0.29) is 41.1 Å². The van der Waals surface area contributed by atoms with Crippen LogP contribution in [0, 0.1) is 11.3 Å². The molecule has 9 nitrogen and oxygen atoms in total. The predicted octanol–water partition coefficient (Wildman–Crippen LogP) is 6.93. The molecular formula is C36H43F3N6O3. The Balaban J connectivity index is 1.13. The molecule has 1 saturated carbocycles. The lowest BCUT2D eigenvalue weighted by Crippen LogP contribution is -2.60. The Bertz CT molecular complexity index is 1740. The van der Waals surface area contributed by atoms with Gasteiger partial charge in [-0.15, -0.1) is 10.2 Å². The first kappa shape index (κ1) is 32.6. The van der Waals surface area contributed by atoms with Crippen LogP contribution in [0.2, 0.25) is 0 Å². The SMILES string of the molecule is CC(c1cc2c(c(C(F)(F)F)c1)CN(c1cccc([C@H](c3nncn3C)C3CCC3)c1)C2=O)N1CCC2(CN(C(=O)OC(C)(C)C)C2)C1. The third kappa shape index (κ3) is 5.86. The van der Waals surface area contributed by atoms with E-state index in [1.165, 1.54) is 11.0 Å². The van der Waals surface area contributed by atoms with E-state index in [0.29, 0.717) is 43.3 Å². The fourth-order valence-electron chi connectivity index (χ4n) is 7.99. The topological polar surface area (TPSA) is 83.8 Å². The van der Waals surface area contributed by atoms with Crippen LogP contribution in [0.15, 0.2) is 42.7 Å². The maximum Gasteiger partial charge on any atom is 0.416 e. The number of likely N-dealkylation sites (tertiary alicyclic amines) is 2. The monoisotopic (exact) mass is 664 g/mol. The molecule has 256 valence electrons. The minimum absolute atomic E-state index is 0.0138. The lowest BCUT2D eigenvalue weighted by Gasteiger charge is -2.48. The minimum atomic E-state index is -4.62. The Labute approximate surface area is 279 Å². The Morgan fingerprint density at radius 3 is 2.44 bits per heavy atom. The number of carbonyl (C=O) groups excluding carboxylic acids is 2. The Kier molecular flexibility index (Phi) is 7.88. The van der Waals surface area contributed by atoms with Crippen molar-refractivity contribution < 1.29 is 27.5 Å². The highest BCUT2D eigenvalue weighted by atomic mass is 19.4. The molecule has 2 aromatic carbocycles. The summed E-state index contributed by atoms with van der Waals surface area (Å²) >= 11 is 0. The normalized spacial score (nSPS) is 20.9. The maximum atomic E-state index is 14.6. The number of hydrogen-bond acceptors (Lipinski definition) is 6. The average Bonchev–Trinajstić information content (AvgIpc) is 3.69. The summed E-state index contributed by atoms with van der Waals surface area (Å²) in [5, 5.41) is 8.48. The fourth-order valence-corrected chi connectivity index (χ4v) is 7.99. The lowest BCUT2D eigenvalue weighted by molar-refractivity contribution is -0.138. The number of carbonyl (C=O) groups is 2. The second-order valence-corrected chi connectivity index (χ2v) is 15.3. The van der Waals surface area contributed by atoms with E-state index >= 15 is 0 Å². The summed E-state index contributed by atoms with van der Waals surface area (Å²) in [5.41, 5.74) is 0.708. The van der Waals surface area contributed by atoms with E-state index in [9.17, 15) is 22.8 Å². The first-order valence-electron chi connectivity index (χ1n) is 16.8. The quantitative estimate of drug-likeness (QED) is 0.284. The van der Waals surface area contributed by atoms with Crippen LogP contribution in [0.3, 0.4) is 0 Å². The molecule has 1 aromatic heterocycles. The Hall–Kier alpha value is -3.93. The van der Waals surface area contributed by atoms with Gasteiger partial charge in [0, 0.05) is 55.3 Å². The standard InChI is InChI=1S/C36H43F3N6O3/c1-22(43-13-12-35(18-43)19-44(20-35)33(47)48-34(2,3)4)25-15-27-28(29(16-25)36(37,38)39)17-45(32(27)46)26-11-7-10-24(14-26)30(23-8-6-9-23)31-41-40-21-42(31)5/h7,10-11,14-16,21-23,30H,6,8-9,12-13,17-20H2,1-5H3/t22?,30-/m1/s1. The largest absolute Gasteiger partial charge is 0.444 e. The van der Waals surface area contributed by atoms with Crippen LogP contribution in [0.1, 0.15) is 104 Å². The zero-order chi connectivity index (χ0) is 34.2. The molecule has 1 unspecified atom stereocenters. The highest BCUT2D eigenvalue weighted by molar-refractivity contribution is 6.10. The molecule has 2 atom stereocenters. The van der Waals surface area contributed by atoms with E-state index in [0.717, 1.165) is 37.1 Å². The molecule has 4 aliphatic rings. The van der Waals surface area contributed by atoms with Crippen LogP contribution in [0.25, 0.3) is 0 Å². The van der Waals surface area contributed by atoms with Gasteiger partial charge in [0.25, 0.3) is 5.91 Å². The van der Waals surface area contributed by atoms with Crippen molar-refractivity contribution in [1.29, 1.82) is 0 Å². The van der Waals surface area contributed by atoms with Gasteiger partial charge >= 0.3 is 12.3 Å². The van der Waals surface area contributed by atoms with Gasteiger partial charge in [-0.25, -0.2) is 4.79 Å². The maximum absolute atomic E-state index is 14.6. The Morgan fingerprint density at radius 2 is 1.81 bits per heavy atom. The molecule has 2 saturated heterocycles. The van der Waals surface area contributed by atoms with Crippen molar-refractivity contribution in [2.24, 2.45) is 18.4 Å². The number of anilines is 1. The van der Waals surface area contributed by atoms with Crippen molar-refractivity contribution in [3.05, 3.63) is 76.4 Å². The van der Waals surface area contributed by atoms with Crippen LogP contribution in [0.5, 0.6) is 0 Å². The molecular weight excluding hydrogens is 621 g/mol. The molecule has 0 bridgehead atoms. The summed E-state index contributed by atoms with van der Waals surface area (Å²) < 4.78 is 51.3. The zero-order valence-corrected chi connectivity index (χ0v) is 28.2. The van der Waals surface area contributed by atoms with Gasteiger partial charge in [0.1, 0.15) is 17.8 Å². The van der Waals surface area contributed by atoms with Crippen LogP contribution in [-0.4, -0.2) is 68.3 Å². The molecule has 7 rings (SSSR count). The number of fused-ring (bicyclic) bond motifs is 1. The van der Waals surface area contributed by atoms with Crippen molar-refractivity contribution in [2.75, 3.05) is 31.1 Å². The van der Waals surface area contributed by atoms with Crippen LogP contribution in [0.4, 0.5) is 23.7 Å². The van der Waals surface area contributed by atoms with E-state index in [4.69, 9.17) is 4.74 Å². The number of rotatable bonds is 6. The van der Waals surface area contributed by atoms with Crippen molar-refractivity contribution in [3.8, 4) is 0 Å². The Morgan fingerprint density at radius 1 is 1.06 bits per heavy atom. The first-order valence-corrected chi connectivity index (χ1v) is 16.8. The number of benzene rings is 2. The summed E-state index contributed by atoms with van der Waals surface area (Å²) in [6, 6.07) is 10.2. The number of nitrogens with zero attached hydrogens (tertiary/aromatic N) is 6. The molecule has 3 aromatic rings. The van der Waals surface area contributed by atoms with E-state index < -0.39 is 23.2 Å². The molecule has 48 heavy (non-hydrogen) atoms. The summed E-state index contributed by atoms with van der Waals surface area (Å²) in [4.78, 5) is 31.8. The second kappa shape index (κ2) is 11.6. The number of halogens is 3. The van der Waals surface area contributed by atoms with Gasteiger partial charge in [0.2, 0.25) is 0 Å². The third-order valence-electron chi connectivity index (χ3n) is 10.8. The fraction of sp³-hybridized carbons (Fsp3) is 0.556.